The molecule has 0 radical (unpaired) electrons. The van der Waals surface area contributed by atoms with Crippen molar-refractivity contribution in [3.63, 3.8) is 0 Å². The molecule has 17 heteroatoms. The van der Waals surface area contributed by atoms with Crippen LogP contribution in [0.2, 0.25) is 0 Å². The van der Waals surface area contributed by atoms with E-state index < -0.39 is 73.9 Å². The molecule has 7 N–H and O–H groups in total. The minimum Gasteiger partial charge on any atom is -0.508 e. The molecule has 7 atom stereocenters. The molecule has 3 aromatic carbocycles. The van der Waals surface area contributed by atoms with Gasteiger partial charge in [-0.1, -0.05) is 29.3 Å². The highest BCUT2D eigenvalue weighted by Gasteiger charge is 2.58. The van der Waals surface area contributed by atoms with E-state index in [1.807, 2.05) is 38.1 Å². The number of carboxylic acid groups (broad SMARTS) is 1. The first-order valence-corrected chi connectivity index (χ1v) is 19.1. The number of fused-ring (bicyclic) bond motifs is 2. The zero-order valence-electron chi connectivity index (χ0n) is 32.8. The van der Waals surface area contributed by atoms with Crippen molar-refractivity contribution >= 4 is 34.8 Å². The van der Waals surface area contributed by atoms with E-state index >= 15 is 0 Å². The van der Waals surface area contributed by atoms with E-state index in [9.17, 15) is 45.0 Å². The number of rotatable bonds is 15. The molecule has 3 aliphatic heterocycles. The van der Waals surface area contributed by atoms with Crippen LogP contribution in [0.3, 0.4) is 0 Å². The largest absolute Gasteiger partial charge is 0.508 e. The second-order valence-electron chi connectivity index (χ2n) is 14.9. The Hall–Kier alpha value is -5.92. The van der Waals surface area contributed by atoms with Crippen LogP contribution in [0, 0.1) is 19.8 Å². The average molecular weight is 828 g/mol. The van der Waals surface area contributed by atoms with Gasteiger partial charge in [-0.05, 0) is 75.4 Å². The Morgan fingerprint density at radius 2 is 1.78 bits per heavy atom. The number of hydrogen-bond acceptors (Lipinski definition) is 16. The molecule has 60 heavy (non-hydrogen) atoms. The predicted octanol–water partition coefficient (Wildman–Crippen LogP) is 2.18. The molecule has 3 aliphatic rings. The van der Waals surface area contributed by atoms with Crippen LogP contribution in [0.5, 0.6) is 11.5 Å². The summed E-state index contributed by atoms with van der Waals surface area (Å²) in [7, 11) is 1.42. The number of aliphatic hydroxyl groups excluding tert-OH is 3. The molecule has 4 heterocycles. The Balaban J connectivity index is 1.23. The third kappa shape index (κ3) is 8.16. The maximum Gasteiger partial charge on any atom is 0.322 e. The van der Waals surface area contributed by atoms with Crippen LogP contribution in [-0.2, 0) is 23.9 Å². The number of aliphatic hydroxyl groups is 4. The number of ether oxygens (including phenoxy) is 3. The minimum absolute atomic E-state index is 0.0297. The number of aryl methyl sites for hydroxylation is 2. The fourth-order valence-corrected chi connectivity index (χ4v) is 7.71. The van der Waals surface area contributed by atoms with Crippen LogP contribution in [-0.4, -0.2) is 124 Å². The van der Waals surface area contributed by atoms with Crippen molar-refractivity contribution in [1.29, 1.82) is 0 Å². The number of esters is 1. The molecule has 7 rings (SSSR count). The van der Waals surface area contributed by atoms with Crippen molar-refractivity contribution in [1.82, 2.24) is 10.4 Å². The standard InChI is InChI=1S/C43H45N3O14/c1-22-14-23(2)16-26(15-22)36-35-25(10-12-45-35)18-46(36)60-38-39(51)43(55,21-48)33(20-57-41(54)34(40(52)53)31(44-3)11-13-47)59-42(38)58-28-8-9-29-32(17-28)56-19-30(37(29)50)24-4-6-27(49)7-5-24/h4-10,12,14-17,19,31,33-34,38-39,42,44,47-49,51,55H,11,13,18,20-21H2,1-3H3,(H,52,53)/t31-,33+,34+,38+,39+,42+,43+/m1/s1. The van der Waals surface area contributed by atoms with Crippen LogP contribution in [0.1, 0.15) is 23.1 Å². The number of carbonyl (C=O) groups excluding carboxylic acids is 1. The lowest BCUT2D eigenvalue weighted by atomic mass is 9.85. The lowest BCUT2D eigenvalue weighted by Gasteiger charge is -2.48. The topological polar surface area (TPSA) is 250 Å². The van der Waals surface area contributed by atoms with Crippen LogP contribution in [0.15, 0.2) is 98.5 Å². The maximum absolute atomic E-state index is 13.5. The number of aromatic hydroxyl groups is 1. The first kappa shape index (κ1) is 42.2. The van der Waals surface area contributed by atoms with E-state index in [2.05, 4.69) is 10.3 Å². The summed E-state index contributed by atoms with van der Waals surface area (Å²) >= 11 is 0. The van der Waals surface area contributed by atoms with Crippen molar-refractivity contribution in [2.75, 3.05) is 33.4 Å². The first-order valence-electron chi connectivity index (χ1n) is 19.1. The summed E-state index contributed by atoms with van der Waals surface area (Å²) in [6.07, 6.45) is -2.31. The second kappa shape index (κ2) is 17.4. The summed E-state index contributed by atoms with van der Waals surface area (Å²) in [6, 6.07) is 15.2. The van der Waals surface area contributed by atoms with Crippen molar-refractivity contribution in [2.24, 2.45) is 10.9 Å². The number of benzene rings is 3. The molecule has 0 amide bonds. The molecule has 0 aliphatic carbocycles. The molecule has 1 fully saturated rings. The van der Waals surface area contributed by atoms with Gasteiger partial charge in [0, 0.05) is 36.1 Å². The van der Waals surface area contributed by atoms with Gasteiger partial charge in [0.2, 0.25) is 6.29 Å². The molecular weight excluding hydrogens is 782 g/mol. The fourth-order valence-electron chi connectivity index (χ4n) is 7.71. The number of aliphatic imine (C=N–C) groups is 1. The molecule has 1 saturated heterocycles. The van der Waals surface area contributed by atoms with E-state index in [0.717, 1.165) is 22.3 Å². The van der Waals surface area contributed by atoms with E-state index in [1.165, 1.54) is 48.7 Å². The lowest BCUT2D eigenvalue weighted by molar-refractivity contribution is -0.353. The highest BCUT2D eigenvalue weighted by Crippen LogP contribution is 2.41. The smallest absolute Gasteiger partial charge is 0.322 e. The van der Waals surface area contributed by atoms with Crippen LogP contribution in [0.4, 0.5) is 0 Å². The number of nitrogens with zero attached hydrogens (tertiary/aromatic N) is 2. The summed E-state index contributed by atoms with van der Waals surface area (Å²) in [5.74, 6) is -4.45. The molecule has 4 aromatic rings. The molecule has 0 saturated carbocycles. The molecule has 0 unspecified atom stereocenters. The number of nitrogens with one attached hydrogen (secondary N) is 1. The summed E-state index contributed by atoms with van der Waals surface area (Å²) in [4.78, 5) is 50.0. The van der Waals surface area contributed by atoms with Gasteiger partial charge in [-0.15, -0.1) is 0 Å². The number of phenols is 1. The van der Waals surface area contributed by atoms with Gasteiger partial charge >= 0.3 is 11.9 Å². The van der Waals surface area contributed by atoms with Gasteiger partial charge in [0.15, 0.2) is 17.5 Å². The number of phenolic OH excluding ortho intramolecular Hbond substituents is 1. The van der Waals surface area contributed by atoms with Crippen LogP contribution < -0.4 is 15.5 Å². The maximum atomic E-state index is 13.5. The minimum atomic E-state index is -2.57. The van der Waals surface area contributed by atoms with Gasteiger partial charge in [0.1, 0.15) is 47.8 Å². The van der Waals surface area contributed by atoms with Crippen LogP contribution in [0.25, 0.3) is 27.8 Å². The number of hydroxylamine groups is 2. The molecule has 1 aromatic heterocycles. The van der Waals surface area contributed by atoms with Crippen molar-refractivity contribution < 1.29 is 63.7 Å². The summed E-state index contributed by atoms with van der Waals surface area (Å²) < 4.78 is 23.7. The van der Waals surface area contributed by atoms with E-state index in [4.69, 9.17) is 23.5 Å². The molecular formula is C43H45N3O14. The number of allylic oxidation sites excluding steroid dienone is 1. The Morgan fingerprint density at radius 1 is 1.05 bits per heavy atom. The molecule has 0 bridgehead atoms. The third-order valence-electron chi connectivity index (χ3n) is 10.8. The number of carbonyl (C=O) groups is 2. The van der Waals surface area contributed by atoms with Gasteiger partial charge in [0.05, 0.1) is 35.5 Å². The number of hydrogen-bond donors (Lipinski definition) is 7. The van der Waals surface area contributed by atoms with E-state index in [-0.39, 0.29) is 46.4 Å². The van der Waals surface area contributed by atoms with Gasteiger partial charge in [0.25, 0.3) is 0 Å². The van der Waals surface area contributed by atoms with Gasteiger partial charge in [-0.3, -0.25) is 24.2 Å². The summed E-state index contributed by atoms with van der Waals surface area (Å²) in [5.41, 5.74) is 2.60. The van der Waals surface area contributed by atoms with Crippen molar-refractivity contribution in [2.45, 2.75) is 56.5 Å². The number of aliphatic carboxylic acids is 1. The number of carboxylic acids is 1. The molecule has 17 nitrogen and oxygen atoms in total. The van der Waals surface area contributed by atoms with Gasteiger partial charge in [-0.2, -0.15) is 0 Å². The highest BCUT2D eigenvalue weighted by molar-refractivity contribution is 5.95. The van der Waals surface area contributed by atoms with E-state index in [0.29, 0.717) is 17.0 Å². The third-order valence-corrected chi connectivity index (χ3v) is 10.8. The Morgan fingerprint density at radius 3 is 2.45 bits per heavy atom. The lowest BCUT2D eigenvalue weighted by Crippen LogP contribution is -2.70. The highest BCUT2D eigenvalue weighted by atomic mass is 16.8. The predicted molar refractivity (Wildman–Crippen MR) is 215 cm³/mol. The summed E-state index contributed by atoms with van der Waals surface area (Å²) in [6.45, 7) is 1.64. The molecule has 0 spiro atoms. The zero-order valence-corrected chi connectivity index (χ0v) is 32.8. The molecule has 316 valence electrons. The van der Waals surface area contributed by atoms with Crippen molar-refractivity contribution in [3.05, 3.63) is 111 Å². The average Bonchev–Trinajstić information content (AvgIpc) is 3.81. The quantitative estimate of drug-likeness (QED) is 0.0670. The fraction of sp³-hybridized carbons (Fsp3) is 0.349. The van der Waals surface area contributed by atoms with E-state index in [1.54, 1.807) is 18.3 Å². The Kier molecular flexibility index (Phi) is 12.2. The Labute approximate surface area is 343 Å². The zero-order chi connectivity index (χ0) is 42.9. The monoisotopic (exact) mass is 827 g/mol. The van der Waals surface area contributed by atoms with Gasteiger partial charge in [-0.25, -0.2) is 5.06 Å². The van der Waals surface area contributed by atoms with Crippen molar-refractivity contribution in [3.8, 4) is 22.6 Å². The second-order valence-corrected chi connectivity index (χ2v) is 14.9. The first-order chi connectivity index (χ1) is 28.8. The summed E-state index contributed by atoms with van der Waals surface area (Å²) in [5, 5.41) is 67.9. The normalized spacial score (nSPS) is 23.4. The van der Waals surface area contributed by atoms with Gasteiger partial charge < -0.3 is 54.6 Å². The SMILES string of the molecule is CN[C@H](CCO)[C@@H](C(=O)O)C(=O)OC[C@@H]1O[C@H](Oc2ccc3c(=O)c(-c4ccc(O)cc4)coc3c2)[C@@H](ON2CC3=CC=NC3=C2c2cc(C)cc(C)c2)[C@H](O)[C@]1(O)CO. The Bertz CT molecular complexity index is 2410. The van der Waals surface area contributed by atoms with Crippen LogP contribution >= 0.6 is 0 Å².